The van der Waals surface area contributed by atoms with Crippen LogP contribution in [0, 0.1) is 5.92 Å². The van der Waals surface area contributed by atoms with Crippen molar-refractivity contribution in [1.82, 2.24) is 4.90 Å². The number of rotatable bonds is 6. The fourth-order valence-corrected chi connectivity index (χ4v) is 2.57. The molecule has 1 aliphatic heterocycles. The van der Waals surface area contributed by atoms with Crippen LogP contribution in [0.3, 0.4) is 0 Å². The largest absolute Gasteiger partial charge is 0.492 e. The second-order valence-electron chi connectivity index (χ2n) is 5.11. The van der Waals surface area contributed by atoms with Crippen molar-refractivity contribution in [3.05, 3.63) is 29.3 Å². The highest BCUT2D eigenvalue weighted by molar-refractivity contribution is 6.32. The highest BCUT2D eigenvalue weighted by Crippen LogP contribution is 2.23. The minimum absolute atomic E-state index is 0.198. The Kier molecular flexibility index (Phi) is 5.68. The minimum Gasteiger partial charge on any atom is -0.492 e. The summed E-state index contributed by atoms with van der Waals surface area (Å²) >= 11 is 5.99. The number of benzene rings is 1. The maximum Gasteiger partial charge on any atom is 0.222 e. The summed E-state index contributed by atoms with van der Waals surface area (Å²) in [6, 6.07) is 7.36. The molecular formula is C15H21ClN2O2. The second kappa shape index (κ2) is 7.50. The molecule has 1 aliphatic rings. The first-order valence-corrected chi connectivity index (χ1v) is 7.43. The lowest BCUT2D eigenvalue weighted by Gasteiger charge is -2.16. The zero-order chi connectivity index (χ0) is 14.4. The van der Waals surface area contributed by atoms with Crippen molar-refractivity contribution >= 4 is 17.5 Å². The van der Waals surface area contributed by atoms with Gasteiger partial charge in [0.25, 0.3) is 0 Å². The number of halogens is 1. The Morgan fingerprint density at radius 1 is 1.45 bits per heavy atom. The SMILES string of the molecule is NC[C@H]1CCN(C(=O)CCCOc2ccccc2Cl)C1. The Hall–Kier alpha value is -1.26. The molecule has 1 aromatic carbocycles. The quantitative estimate of drug-likeness (QED) is 0.820. The van der Waals surface area contributed by atoms with Gasteiger partial charge in [-0.05, 0) is 37.4 Å². The minimum atomic E-state index is 0.198. The molecule has 0 aromatic heterocycles. The monoisotopic (exact) mass is 296 g/mol. The van der Waals surface area contributed by atoms with E-state index in [2.05, 4.69) is 0 Å². The fraction of sp³-hybridized carbons (Fsp3) is 0.533. The van der Waals surface area contributed by atoms with Gasteiger partial charge in [0.2, 0.25) is 5.91 Å². The van der Waals surface area contributed by atoms with Crippen LogP contribution in [0.4, 0.5) is 0 Å². The van der Waals surface area contributed by atoms with Gasteiger partial charge in [0.05, 0.1) is 11.6 Å². The first-order valence-electron chi connectivity index (χ1n) is 7.06. The smallest absolute Gasteiger partial charge is 0.222 e. The number of nitrogens with zero attached hydrogens (tertiary/aromatic N) is 1. The van der Waals surface area contributed by atoms with Crippen LogP contribution in [-0.4, -0.2) is 37.0 Å². The van der Waals surface area contributed by atoms with E-state index < -0.39 is 0 Å². The molecule has 20 heavy (non-hydrogen) atoms. The van der Waals surface area contributed by atoms with Crippen molar-refractivity contribution in [1.29, 1.82) is 0 Å². The van der Waals surface area contributed by atoms with Gasteiger partial charge >= 0.3 is 0 Å². The number of hydrogen-bond donors (Lipinski definition) is 1. The standard InChI is InChI=1S/C15H21ClN2O2/c16-13-4-1-2-5-14(13)20-9-3-6-15(19)18-8-7-12(10-17)11-18/h1-2,4-5,12H,3,6-11,17H2/t12-/m1/s1. The third-order valence-electron chi connectivity index (χ3n) is 3.60. The molecule has 5 heteroatoms. The Morgan fingerprint density at radius 3 is 2.95 bits per heavy atom. The lowest BCUT2D eigenvalue weighted by atomic mass is 10.1. The normalized spacial score (nSPS) is 18.3. The summed E-state index contributed by atoms with van der Waals surface area (Å²) in [6.45, 7) is 2.82. The van der Waals surface area contributed by atoms with Crippen LogP contribution >= 0.6 is 11.6 Å². The molecular weight excluding hydrogens is 276 g/mol. The van der Waals surface area contributed by atoms with E-state index >= 15 is 0 Å². The van der Waals surface area contributed by atoms with E-state index in [9.17, 15) is 4.79 Å². The molecule has 4 nitrogen and oxygen atoms in total. The average Bonchev–Trinajstić information content (AvgIpc) is 2.94. The lowest BCUT2D eigenvalue weighted by molar-refractivity contribution is -0.130. The molecule has 0 saturated carbocycles. The molecule has 1 fully saturated rings. The van der Waals surface area contributed by atoms with Gasteiger partial charge in [-0.25, -0.2) is 0 Å². The van der Waals surface area contributed by atoms with Crippen LogP contribution < -0.4 is 10.5 Å². The topological polar surface area (TPSA) is 55.6 Å². The maximum atomic E-state index is 12.0. The predicted octanol–water partition coefficient (Wildman–Crippen LogP) is 2.31. The van der Waals surface area contributed by atoms with Gasteiger partial charge in [-0.3, -0.25) is 4.79 Å². The summed E-state index contributed by atoms with van der Waals surface area (Å²) in [5.74, 6) is 1.34. The molecule has 1 atom stereocenters. The number of carbonyl (C=O) groups is 1. The van der Waals surface area contributed by atoms with Crippen molar-refractivity contribution in [2.45, 2.75) is 19.3 Å². The van der Waals surface area contributed by atoms with E-state index in [-0.39, 0.29) is 5.91 Å². The number of hydrogen-bond acceptors (Lipinski definition) is 3. The molecule has 2 rings (SSSR count). The third-order valence-corrected chi connectivity index (χ3v) is 3.91. The van der Waals surface area contributed by atoms with E-state index in [0.29, 0.717) is 42.7 Å². The zero-order valence-corrected chi connectivity index (χ0v) is 12.3. The molecule has 1 amide bonds. The molecule has 1 heterocycles. The van der Waals surface area contributed by atoms with Crippen molar-refractivity contribution < 1.29 is 9.53 Å². The molecule has 1 saturated heterocycles. The Morgan fingerprint density at radius 2 is 2.25 bits per heavy atom. The fourth-order valence-electron chi connectivity index (χ4n) is 2.38. The number of nitrogens with two attached hydrogens (primary N) is 1. The van der Waals surface area contributed by atoms with Gasteiger partial charge in [-0.1, -0.05) is 23.7 Å². The summed E-state index contributed by atoms with van der Waals surface area (Å²) in [7, 11) is 0. The first-order chi connectivity index (χ1) is 9.70. The second-order valence-corrected chi connectivity index (χ2v) is 5.52. The molecule has 0 aliphatic carbocycles. The van der Waals surface area contributed by atoms with Crippen LogP contribution in [0.1, 0.15) is 19.3 Å². The zero-order valence-electron chi connectivity index (χ0n) is 11.6. The Labute approximate surface area is 124 Å². The summed E-state index contributed by atoms with van der Waals surface area (Å²) in [5.41, 5.74) is 5.63. The van der Waals surface area contributed by atoms with Crippen molar-refractivity contribution in [3.63, 3.8) is 0 Å². The highest BCUT2D eigenvalue weighted by atomic mass is 35.5. The predicted molar refractivity (Wildman–Crippen MR) is 79.9 cm³/mol. The third kappa shape index (κ3) is 4.12. The summed E-state index contributed by atoms with van der Waals surface area (Å²) < 4.78 is 5.57. The van der Waals surface area contributed by atoms with Crippen LogP contribution in [0.2, 0.25) is 5.02 Å². The Bertz CT molecular complexity index is 453. The maximum absolute atomic E-state index is 12.0. The summed E-state index contributed by atoms with van der Waals surface area (Å²) in [5, 5.41) is 0.601. The molecule has 0 radical (unpaired) electrons. The molecule has 0 unspecified atom stereocenters. The van der Waals surface area contributed by atoms with Gasteiger partial charge in [-0.2, -0.15) is 0 Å². The van der Waals surface area contributed by atoms with Gasteiger partial charge in [0, 0.05) is 19.5 Å². The van der Waals surface area contributed by atoms with Crippen LogP contribution in [0.15, 0.2) is 24.3 Å². The summed E-state index contributed by atoms with van der Waals surface area (Å²) in [4.78, 5) is 13.9. The van der Waals surface area contributed by atoms with Gasteiger partial charge in [0.1, 0.15) is 5.75 Å². The van der Waals surface area contributed by atoms with Crippen molar-refractivity contribution in [3.8, 4) is 5.75 Å². The van der Waals surface area contributed by atoms with E-state index in [4.69, 9.17) is 22.1 Å². The number of ether oxygens (including phenoxy) is 1. The number of likely N-dealkylation sites (tertiary alicyclic amines) is 1. The summed E-state index contributed by atoms with van der Waals surface area (Å²) in [6.07, 6.45) is 2.24. The first kappa shape index (κ1) is 15.1. The lowest BCUT2D eigenvalue weighted by Crippen LogP contribution is -2.29. The van der Waals surface area contributed by atoms with Crippen LogP contribution in [-0.2, 0) is 4.79 Å². The van der Waals surface area contributed by atoms with Gasteiger partial charge in [-0.15, -0.1) is 0 Å². The van der Waals surface area contributed by atoms with E-state index in [1.54, 1.807) is 6.07 Å². The van der Waals surface area contributed by atoms with Crippen molar-refractivity contribution in [2.24, 2.45) is 11.7 Å². The number of para-hydroxylation sites is 1. The molecule has 2 N–H and O–H groups in total. The number of amides is 1. The van der Waals surface area contributed by atoms with Crippen molar-refractivity contribution in [2.75, 3.05) is 26.2 Å². The van der Waals surface area contributed by atoms with E-state index in [1.165, 1.54) is 0 Å². The molecule has 0 bridgehead atoms. The Balaban J connectivity index is 1.66. The molecule has 0 spiro atoms. The molecule has 1 aromatic rings. The molecule has 110 valence electrons. The van der Waals surface area contributed by atoms with Crippen LogP contribution in [0.25, 0.3) is 0 Å². The highest BCUT2D eigenvalue weighted by Gasteiger charge is 2.24. The number of carbonyl (C=O) groups excluding carboxylic acids is 1. The van der Waals surface area contributed by atoms with Gasteiger partial charge in [0.15, 0.2) is 0 Å². The van der Waals surface area contributed by atoms with E-state index in [0.717, 1.165) is 19.5 Å². The van der Waals surface area contributed by atoms with Crippen LogP contribution in [0.5, 0.6) is 5.75 Å². The van der Waals surface area contributed by atoms with E-state index in [1.807, 2.05) is 23.1 Å². The average molecular weight is 297 g/mol. The van der Waals surface area contributed by atoms with Gasteiger partial charge < -0.3 is 15.4 Å².